The van der Waals surface area contributed by atoms with Crippen LogP contribution in [0.3, 0.4) is 0 Å². The van der Waals surface area contributed by atoms with Crippen LogP contribution >= 0.6 is 0 Å². The zero-order valence-electron chi connectivity index (χ0n) is 11.2. The molecule has 3 rings (SSSR count). The summed E-state index contributed by atoms with van der Waals surface area (Å²) in [5.41, 5.74) is -0.0254. The lowest BCUT2D eigenvalue weighted by molar-refractivity contribution is -0.189. The number of aromatic carboxylic acids is 1. The molecule has 0 aromatic carbocycles. The lowest BCUT2D eigenvalue weighted by atomic mass is 10.0. The number of nitrogens with zero attached hydrogens (tertiary/aromatic N) is 4. The van der Waals surface area contributed by atoms with Gasteiger partial charge < -0.3 is 14.6 Å². The summed E-state index contributed by atoms with van der Waals surface area (Å²) >= 11 is 0. The van der Waals surface area contributed by atoms with E-state index in [4.69, 9.17) is 14.6 Å². The maximum atomic E-state index is 10.7. The molecule has 1 spiro atoms. The summed E-state index contributed by atoms with van der Waals surface area (Å²) in [4.78, 5) is 13.0. The average Bonchev–Trinajstić information content (AvgIpc) is 3.06. The maximum Gasteiger partial charge on any atom is 0.358 e. The van der Waals surface area contributed by atoms with Crippen LogP contribution in [0.2, 0.25) is 0 Å². The Hall–Kier alpha value is -1.51. The number of hydrogen-bond donors (Lipinski definition) is 1. The van der Waals surface area contributed by atoms with Gasteiger partial charge in [0.25, 0.3) is 0 Å². The molecule has 0 radical (unpaired) electrons. The van der Waals surface area contributed by atoms with E-state index in [0.29, 0.717) is 19.8 Å². The number of carboxylic acids is 1. The van der Waals surface area contributed by atoms with Crippen LogP contribution < -0.4 is 0 Å². The minimum atomic E-state index is -1.05. The van der Waals surface area contributed by atoms with Crippen molar-refractivity contribution in [2.24, 2.45) is 0 Å². The van der Waals surface area contributed by atoms with Crippen LogP contribution in [-0.2, 0) is 16.0 Å². The molecule has 2 saturated heterocycles. The molecule has 1 aromatic heterocycles. The van der Waals surface area contributed by atoms with Crippen molar-refractivity contribution in [1.29, 1.82) is 0 Å². The maximum absolute atomic E-state index is 10.7. The second kappa shape index (κ2) is 5.47. The number of carboxylic acid groups (broad SMARTS) is 1. The first-order chi connectivity index (χ1) is 9.67. The Morgan fingerprint density at radius 2 is 2.20 bits per heavy atom. The van der Waals surface area contributed by atoms with Crippen LogP contribution in [0.1, 0.15) is 23.3 Å². The Morgan fingerprint density at radius 3 is 2.90 bits per heavy atom. The first kappa shape index (κ1) is 13.5. The van der Waals surface area contributed by atoms with Gasteiger partial charge in [-0.3, -0.25) is 9.58 Å². The van der Waals surface area contributed by atoms with Gasteiger partial charge in [0.1, 0.15) is 0 Å². The molecule has 2 fully saturated rings. The lowest BCUT2D eigenvalue weighted by Gasteiger charge is -2.38. The zero-order valence-corrected chi connectivity index (χ0v) is 11.2. The number of piperidine rings is 1. The van der Waals surface area contributed by atoms with Crippen LogP contribution in [0.5, 0.6) is 0 Å². The summed E-state index contributed by atoms with van der Waals surface area (Å²) in [5.74, 6) is -1.48. The molecule has 1 N–H and O–H groups in total. The number of aromatic nitrogens is 3. The first-order valence-corrected chi connectivity index (χ1v) is 6.81. The Labute approximate surface area is 116 Å². The second-order valence-electron chi connectivity index (χ2n) is 5.16. The smallest absolute Gasteiger partial charge is 0.358 e. The molecule has 1 aromatic rings. The summed E-state index contributed by atoms with van der Waals surface area (Å²) in [6.45, 7) is 4.47. The number of carbonyl (C=O) groups is 1. The van der Waals surface area contributed by atoms with Gasteiger partial charge in [-0.2, -0.15) is 0 Å². The van der Waals surface area contributed by atoms with Crippen molar-refractivity contribution in [3.8, 4) is 0 Å². The minimum absolute atomic E-state index is 0.0254. The van der Waals surface area contributed by atoms with Gasteiger partial charge in [0.15, 0.2) is 11.5 Å². The van der Waals surface area contributed by atoms with Crippen LogP contribution in [0.15, 0.2) is 6.20 Å². The molecule has 0 aliphatic carbocycles. The highest BCUT2D eigenvalue weighted by Gasteiger charge is 2.40. The molecule has 2 aliphatic heterocycles. The Balaban J connectivity index is 1.53. The van der Waals surface area contributed by atoms with Gasteiger partial charge in [0.05, 0.1) is 32.5 Å². The lowest BCUT2D eigenvalue weighted by Crippen LogP contribution is -2.49. The number of rotatable bonds is 4. The fraction of sp³-hybridized carbons (Fsp3) is 0.750. The van der Waals surface area contributed by atoms with Gasteiger partial charge in [-0.15, -0.1) is 5.10 Å². The third-order valence-corrected chi connectivity index (χ3v) is 3.71. The SMILES string of the molecule is O=C(O)c1cn(CCN2CCCC3(C2)OCCO3)nn1. The van der Waals surface area contributed by atoms with E-state index >= 15 is 0 Å². The fourth-order valence-electron chi connectivity index (χ4n) is 2.74. The molecule has 0 atom stereocenters. The van der Waals surface area contributed by atoms with Crippen molar-refractivity contribution in [1.82, 2.24) is 19.9 Å². The highest BCUT2D eigenvalue weighted by Crippen LogP contribution is 2.29. The van der Waals surface area contributed by atoms with E-state index in [1.165, 1.54) is 6.20 Å². The Kier molecular flexibility index (Phi) is 3.68. The van der Waals surface area contributed by atoms with Crippen LogP contribution in [0.4, 0.5) is 0 Å². The molecule has 0 unspecified atom stereocenters. The minimum Gasteiger partial charge on any atom is -0.476 e. The van der Waals surface area contributed by atoms with Crippen molar-refractivity contribution in [2.45, 2.75) is 25.2 Å². The van der Waals surface area contributed by atoms with Crippen LogP contribution in [0, 0.1) is 0 Å². The van der Waals surface area contributed by atoms with E-state index in [9.17, 15) is 4.79 Å². The van der Waals surface area contributed by atoms with Crippen molar-refractivity contribution in [2.75, 3.05) is 32.8 Å². The predicted octanol–water partition coefficient (Wildman–Crippen LogP) is -0.185. The molecule has 0 amide bonds. The molecule has 8 heteroatoms. The monoisotopic (exact) mass is 282 g/mol. The largest absolute Gasteiger partial charge is 0.476 e. The Morgan fingerprint density at radius 1 is 1.40 bits per heavy atom. The molecule has 20 heavy (non-hydrogen) atoms. The van der Waals surface area contributed by atoms with E-state index in [1.54, 1.807) is 4.68 Å². The van der Waals surface area contributed by atoms with Gasteiger partial charge in [0, 0.05) is 13.0 Å². The van der Waals surface area contributed by atoms with E-state index in [-0.39, 0.29) is 5.69 Å². The Bertz CT molecular complexity index is 484. The normalized spacial score (nSPS) is 22.4. The zero-order chi connectivity index (χ0) is 14.0. The van der Waals surface area contributed by atoms with E-state index in [2.05, 4.69) is 15.2 Å². The number of likely N-dealkylation sites (tertiary alicyclic amines) is 1. The number of ether oxygens (including phenoxy) is 2. The van der Waals surface area contributed by atoms with Crippen molar-refractivity contribution < 1.29 is 19.4 Å². The fourth-order valence-corrected chi connectivity index (χ4v) is 2.74. The van der Waals surface area contributed by atoms with Gasteiger partial charge in [-0.1, -0.05) is 5.21 Å². The molecular weight excluding hydrogens is 264 g/mol. The molecular formula is C12H18N4O4. The summed E-state index contributed by atoms with van der Waals surface area (Å²) in [6.07, 6.45) is 3.43. The number of hydrogen-bond acceptors (Lipinski definition) is 6. The van der Waals surface area contributed by atoms with E-state index in [1.807, 2.05) is 0 Å². The standard InChI is InChI=1S/C12H18N4O4/c17-11(18)10-8-16(14-13-10)5-4-15-3-1-2-12(9-15)19-6-7-20-12/h8H,1-7,9H2,(H,17,18). The van der Waals surface area contributed by atoms with Gasteiger partial charge in [0.2, 0.25) is 0 Å². The summed E-state index contributed by atoms with van der Waals surface area (Å²) in [5, 5.41) is 16.2. The summed E-state index contributed by atoms with van der Waals surface area (Å²) in [6, 6.07) is 0. The third-order valence-electron chi connectivity index (χ3n) is 3.71. The predicted molar refractivity (Wildman–Crippen MR) is 67.3 cm³/mol. The first-order valence-electron chi connectivity index (χ1n) is 6.81. The highest BCUT2D eigenvalue weighted by molar-refractivity contribution is 5.84. The van der Waals surface area contributed by atoms with Gasteiger partial charge >= 0.3 is 5.97 Å². The van der Waals surface area contributed by atoms with Gasteiger partial charge in [-0.05, 0) is 13.0 Å². The molecule has 8 nitrogen and oxygen atoms in total. The summed E-state index contributed by atoms with van der Waals surface area (Å²) < 4.78 is 13.0. The van der Waals surface area contributed by atoms with E-state index < -0.39 is 11.8 Å². The van der Waals surface area contributed by atoms with Crippen LogP contribution in [-0.4, -0.2) is 69.6 Å². The van der Waals surface area contributed by atoms with Crippen molar-refractivity contribution in [3.05, 3.63) is 11.9 Å². The quantitative estimate of drug-likeness (QED) is 0.819. The summed E-state index contributed by atoms with van der Waals surface area (Å²) in [7, 11) is 0. The van der Waals surface area contributed by atoms with Crippen molar-refractivity contribution >= 4 is 5.97 Å². The topological polar surface area (TPSA) is 89.7 Å². The molecule has 3 heterocycles. The molecule has 0 bridgehead atoms. The average molecular weight is 282 g/mol. The van der Waals surface area contributed by atoms with Crippen LogP contribution in [0.25, 0.3) is 0 Å². The van der Waals surface area contributed by atoms with Crippen molar-refractivity contribution in [3.63, 3.8) is 0 Å². The third kappa shape index (κ3) is 2.82. The molecule has 0 saturated carbocycles. The van der Waals surface area contributed by atoms with Gasteiger partial charge in [-0.25, -0.2) is 4.79 Å². The molecule has 110 valence electrons. The second-order valence-corrected chi connectivity index (χ2v) is 5.16. The van der Waals surface area contributed by atoms with E-state index in [0.717, 1.165) is 32.5 Å². The highest BCUT2D eigenvalue weighted by atomic mass is 16.7. The molecule has 2 aliphatic rings.